The molecule has 0 amide bonds. The molecule has 0 bridgehead atoms. The molecule has 6 heteroatoms. The average molecular weight is 363 g/mol. The van der Waals surface area contributed by atoms with Crippen LogP contribution in [0.2, 0.25) is 0 Å². The van der Waals surface area contributed by atoms with E-state index in [0.29, 0.717) is 5.96 Å². The standard InChI is InChI=1S/C20H34N4O2/c1-24(17-7-5-4-6-8-17)14-13-23-20(21)22-12-11-16-9-10-18(25-2)19(15-16)26-3/h9-10,15,17H,4-8,11-14H2,1-3H3,(H3,21,22,23). The van der Waals surface area contributed by atoms with Crippen molar-refractivity contribution in [1.29, 1.82) is 0 Å². The van der Waals surface area contributed by atoms with Gasteiger partial charge in [0.1, 0.15) is 0 Å². The molecule has 0 aromatic heterocycles. The molecule has 0 saturated heterocycles. The van der Waals surface area contributed by atoms with Crippen LogP contribution in [0.1, 0.15) is 37.7 Å². The summed E-state index contributed by atoms with van der Waals surface area (Å²) in [5.41, 5.74) is 7.15. The van der Waals surface area contributed by atoms with Gasteiger partial charge in [-0.3, -0.25) is 4.99 Å². The number of ether oxygens (including phenoxy) is 2. The third kappa shape index (κ3) is 6.41. The maximum absolute atomic E-state index is 5.98. The Morgan fingerprint density at radius 3 is 2.62 bits per heavy atom. The van der Waals surface area contributed by atoms with E-state index in [9.17, 15) is 0 Å². The Morgan fingerprint density at radius 2 is 1.92 bits per heavy atom. The first-order chi connectivity index (χ1) is 12.6. The van der Waals surface area contributed by atoms with Crippen LogP contribution in [0.15, 0.2) is 23.2 Å². The monoisotopic (exact) mass is 362 g/mol. The fourth-order valence-corrected chi connectivity index (χ4v) is 3.46. The molecule has 0 spiro atoms. The molecule has 0 heterocycles. The van der Waals surface area contributed by atoms with Gasteiger partial charge in [0.05, 0.1) is 20.8 Å². The van der Waals surface area contributed by atoms with Crippen molar-refractivity contribution in [2.45, 2.75) is 44.6 Å². The molecule has 1 aliphatic rings. The third-order valence-corrected chi connectivity index (χ3v) is 5.10. The lowest BCUT2D eigenvalue weighted by Gasteiger charge is -2.30. The zero-order chi connectivity index (χ0) is 18.8. The zero-order valence-electron chi connectivity index (χ0n) is 16.5. The van der Waals surface area contributed by atoms with E-state index in [2.05, 4.69) is 22.3 Å². The topological polar surface area (TPSA) is 72.1 Å². The number of nitrogens with one attached hydrogen (secondary N) is 1. The highest BCUT2D eigenvalue weighted by atomic mass is 16.5. The largest absolute Gasteiger partial charge is 0.493 e. The van der Waals surface area contributed by atoms with Gasteiger partial charge >= 0.3 is 0 Å². The van der Waals surface area contributed by atoms with Gasteiger partial charge in [0.2, 0.25) is 0 Å². The minimum Gasteiger partial charge on any atom is -0.493 e. The number of rotatable bonds is 9. The Balaban J connectivity index is 1.69. The maximum Gasteiger partial charge on any atom is 0.188 e. The van der Waals surface area contributed by atoms with E-state index < -0.39 is 0 Å². The van der Waals surface area contributed by atoms with Crippen LogP contribution in [0, 0.1) is 0 Å². The van der Waals surface area contributed by atoms with Crippen LogP contribution in [0.25, 0.3) is 0 Å². The lowest BCUT2D eigenvalue weighted by atomic mass is 9.94. The van der Waals surface area contributed by atoms with Crippen molar-refractivity contribution in [1.82, 2.24) is 10.2 Å². The Labute approximate surface area is 157 Å². The van der Waals surface area contributed by atoms with Crippen LogP contribution in [-0.2, 0) is 6.42 Å². The number of hydrogen-bond donors (Lipinski definition) is 2. The first-order valence-electron chi connectivity index (χ1n) is 9.59. The van der Waals surface area contributed by atoms with Crippen LogP contribution in [0.3, 0.4) is 0 Å². The Hall–Kier alpha value is -1.95. The molecular formula is C20H34N4O2. The van der Waals surface area contributed by atoms with Gasteiger partial charge in [-0.1, -0.05) is 25.3 Å². The number of benzene rings is 1. The van der Waals surface area contributed by atoms with Crippen molar-refractivity contribution in [3.05, 3.63) is 23.8 Å². The van der Waals surface area contributed by atoms with Gasteiger partial charge in [0.15, 0.2) is 17.5 Å². The molecule has 146 valence electrons. The SMILES string of the molecule is COc1ccc(CCNC(N)=NCCN(C)C2CCCCC2)cc1OC. The second kappa shape index (κ2) is 10.9. The second-order valence-corrected chi connectivity index (χ2v) is 6.91. The van der Waals surface area contributed by atoms with Gasteiger partial charge in [0.25, 0.3) is 0 Å². The van der Waals surface area contributed by atoms with E-state index in [1.165, 1.54) is 37.7 Å². The van der Waals surface area contributed by atoms with Crippen molar-refractivity contribution >= 4 is 5.96 Å². The van der Waals surface area contributed by atoms with Crippen molar-refractivity contribution < 1.29 is 9.47 Å². The predicted molar refractivity (Wildman–Crippen MR) is 107 cm³/mol. The fraction of sp³-hybridized carbons (Fsp3) is 0.650. The first kappa shape index (κ1) is 20.4. The van der Waals surface area contributed by atoms with Crippen molar-refractivity contribution in [2.24, 2.45) is 10.7 Å². The van der Waals surface area contributed by atoms with Gasteiger partial charge < -0.3 is 25.4 Å². The second-order valence-electron chi connectivity index (χ2n) is 6.91. The highest BCUT2D eigenvalue weighted by Crippen LogP contribution is 2.27. The molecule has 1 aromatic rings. The molecule has 1 aromatic carbocycles. The van der Waals surface area contributed by atoms with Crippen molar-refractivity contribution in [3.8, 4) is 11.5 Å². The highest BCUT2D eigenvalue weighted by molar-refractivity contribution is 5.77. The molecule has 3 N–H and O–H groups in total. The summed E-state index contributed by atoms with van der Waals surface area (Å²) in [4.78, 5) is 6.88. The van der Waals surface area contributed by atoms with Gasteiger partial charge in [-0.05, 0) is 44.0 Å². The third-order valence-electron chi connectivity index (χ3n) is 5.10. The molecule has 0 unspecified atom stereocenters. The number of hydrogen-bond acceptors (Lipinski definition) is 4. The summed E-state index contributed by atoms with van der Waals surface area (Å²) < 4.78 is 10.6. The molecule has 26 heavy (non-hydrogen) atoms. The summed E-state index contributed by atoms with van der Waals surface area (Å²) >= 11 is 0. The summed E-state index contributed by atoms with van der Waals surface area (Å²) in [6.45, 7) is 2.44. The normalized spacial score (nSPS) is 15.9. The first-order valence-corrected chi connectivity index (χ1v) is 9.59. The molecule has 1 fully saturated rings. The number of nitrogens with two attached hydrogens (primary N) is 1. The van der Waals surface area contributed by atoms with Crippen LogP contribution >= 0.6 is 0 Å². The summed E-state index contributed by atoms with van der Waals surface area (Å²) in [5, 5.41) is 3.19. The zero-order valence-corrected chi connectivity index (χ0v) is 16.5. The number of methoxy groups -OCH3 is 2. The van der Waals surface area contributed by atoms with E-state index in [-0.39, 0.29) is 0 Å². The van der Waals surface area contributed by atoms with Crippen molar-refractivity contribution in [3.63, 3.8) is 0 Å². The Bertz CT molecular complexity index is 571. The Kier molecular flexibility index (Phi) is 8.54. The molecular weight excluding hydrogens is 328 g/mol. The summed E-state index contributed by atoms with van der Waals surface area (Å²) in [6.07, 6.45) is 7.59. The molecule has 1 aliphatic carbocycles. The molecule has 2 rings (SSSR count). The lowest BCUT2D eigenvalue weighted by molar-refractivity contribution is 0.196. The van der Waals surface area contributed by atoms with Crippen LogP contribution in [0.4, 0.5) is 0 Å². The molecule has 1 saturated carbocycles. The average Bonchev–Trinajstić information content (AvgIpc) is 2.68. The molecule has 0 aliphatic heterocycles. The quantitative estimate of drug-likeness (QED) is 0.521. The summed E-state index contributed by atoms with van der Waals surface area (Å²) in [5.74, 6) is 2.01. The van der Waals surface area contributed by atoms with E-state index in [0.717, 1.165) is 43.6 Å². The van der Waals surface area contributed by atoms with Gasteiger partial charge in [-0.2, -0.15) is 0 Å². The van der Waals surface area contributed by atoms with Gasteiger partial charge in [0, 0.05) is 19.1 Å². The summed E-state index contributed by atoms with van der Waals surface area (Å²) in [7, 11) is 5.49. The van der Waals surface area contributed by atoms with E-state index in [1.807, 2.05) is 18.2 Å². The minimum absolute atomic E-state index is 0.516. The van der Waals surface area contributed by atoms with Gasteiger partial charge in [-0.25, -0.2) is 0 Å². The van der Waals surface area contributed by atoms with E-state index in [1.54, 1.807) is 14.2 Å². The number of guanidine groups is 1. The Morgan fingerprint density at radius 1 is 1.19 bits per heavy atom. The van der Waals surface area contributed by atoms with Crippen LogP contribution in [-0.4, -0.2) is 57.8 Å². The predicted octanol–water partition coefficient (Wildman–Crippen LogP) is 2.42. The smallest absolute Gasteiger partial charge is 0.188 e. The summed E-state index contributed by atoms with van der Waals surface area (Å²) in [6, 6.07) is 6.67. The number of aliphatic imine (C=N–C) groups is 1. The van der Waals surface area contributed by atoms with Crippen molar-refractivity contribution in [2.75, 3.05) is 40.9 Å². The molecule has 6 nitrogen and oxygen atoms in total. The van der Waals surface area contributed by atoms with Gasteiger partial charge in [-0.15, -0.1) is 0 Å². The molecule has 0 atom stereocenters. The number of likely N-dealkylation sites (N-methyl/N-ethyl adjacent to an activating group) is 1. The maximum atomic E-state index is 5.98. The minimum atomic E-state index is 0.516. The highest BCUT2D eigenvalue weighted by Gasteiger charge is 2.17. The fourth-order valence-electron chi connectivity index (χ4n) is 3.46. The molecule has 0 radical (unpaired) electrons. The van der Waals surface area contributed by atoms with Crippen LogP contribution < -0.4 is 20.5 Å². The van der Waals surface area contributed by atoms with E-state index in [4.69, 9.17) is 15.2 Å². The van der Waals surface area contributed by atoms with E-state index >= 15 is 0 Å². The van der Waals surface area contributed by atoms with Crippen LogP contribution in [0.5, 0.6) is 11.5 Å². The number of nitrogens with zero attached hydrogens (tertiary/aromatic N) is 2. The lowest BCUT2D eigenvalue weighted by Crippen LogP contribution is -2.37.